The lowest BCUT2D eigenvalue weighted by atomic mass is 10.1. The summed E-state index contributed by atoms with van der Waals surface area (Å²) in [5.41, 5.74) is 9.42. The Balaban J connectivity index is 1.58. The largest absolute Gasteiger partial charge is 0.273 e. The number of aryl methyl sites for hydroxylation is 2. The van der Waals surface area contributed by atoms with Gasteiger partial charge in [-0.1, -0.05) is 62.4 Å². The predicted molar refractivity (Wildman–Crippen MR) is 122 cm³/mol. The summed E-state index contributed by atoms with van der Waals surface area (Å²) in [7, 11) is 0. The number of nitrogens with zero attached hydrogens (tertiary/aromatic N) is 2. The van der Waals surface area contributed by atoms with Crippen LogP contribution in [0.4, 0.5) is 0 Å². The molecule has 0 heterocycles. The minimum atomic E-state index is -0.162. The fourth-order valence-corrected chi connectivity index (χ4v) is 2.72. The summed E-state index contributed by atoms with van der Waals surface area (Å²) in [4.78, 5) is 23.6. The third-order valence-electron chi connectivity index (χ3n) is 4.64. The molecule has 0 radical (unpaired) electrons. The predicted octanol–water partition coefficient (Wildman–Crippen LogP) is 3.97. The Morgan fingerprint density at radius 2 is 1.07 bits per heavy atom. The maximum absolute atomic E-state index is 11.8. The Kier molecular flexibility index (Phi) is 10.00. The number of amides is 2. The zero-order valence-electron chi connectivity index (χ0n) is 17.7. The van der Waals surface area contributed by atoms with Crippen molar-refractivity contribution in [1.29, 1.82) is 0 Å². The van der Waals surface area contributed by atoms with Gasteiger partial charge in [-0.15, -0.1) is 0 Å². The molecule has 2 rings (SSSR count). The lowest BCUT2D eigenvalue weighted by Crippen LogP contribution is -2.19. The van der Waals surface area contributed by atoms with E-state index in [1.165, 1.54) is 11.1 Å². The molecule has 2 N–H and O–H groups in total. The molecule has 0 aromatic heterocycles. The van der Waals surface area contributed by atoms with Crippen LogP contribution in [0.15, 0.2) is 58.7 Å². The van der Waals surface area contributed by atoms with Gasteiger partial charge >= 0.3 is 0 Å². The van der Waals surface area contributed by atoms with Gasteiger partial charge in [-0.3, -0.25) is 9.59 Å². The molecule has 0 fully saturated rings. The van der Waals surface area contributed by atoms with Crippen LogP contribution in [0.2, 0.25) is 0 Å². The molecule has 2 amide bonds. The van der Waals surface area contributed by atoms with E-state index in [1.54, 1.807) is 12.4 Å². The van der Waals surface area contributed by atoms with E-state index in [2.05, 4.69) is 34.9 Å². The van der Waals surface area contributed by atoms with E-state index in [4.69, 9.17) is 0 Å². The van der Waals surface area contributed by atoms with E-state index in [0.29, 0.717) is 25.7 Å². The van der Waals surface area contributed by atoms with Crippen molar-refractivity contribution in [3.63, 3.8) is 0 Å². The van der Waals surface area contributed by atoms with E-state index in [-0.39, 0.29) is 11.8 Å². The van der Waals surface area contributed by atoms with Crippen molar-refractivity contribution in [3.05, 3.63) is 70.8 Å². The van der Waals surface area contributed by atoms with Gasteiger partial charge in [0.1, 0.15) is 0 Å². The normalized spacial score (nSPS) is 11.1. The minimum absolute atomic E-state index is 0.162. The van der Waals surface area contributed by atoms with Gasteiger partial charge < -0.3 is 0 Å². The van der Waals surface area contributed by atoms with Crippen LogP contribution in [0.5, 0.6) is 0 Å². The Labute approximate surface area is 178 Å². The van der Waals surface area contributed by atoms with E-state index >= 15 is 0 Å². The first-order chi connectivity index (χ1) is 14.6. The van der Waals surface area contributed by atoms with Crippen molar-refractivity contribution in [1.82, 2.24) is 10.9 Å². The first kappa shape index (κ1) is 23.0. The third kappa shape index (κ3) is 8.82. The monoisotopic (exact) mass is 406 g/mol. The van der Waals surface area contributed by atoms with E-state index in [0.717, 1.165) is 24.0 Å². The number of hydrazone groups is 2. The van der Waals surface area contributed by atoms with Crippen LogP contribution in [-0.4, -0.2) is 24.2 Å². The van der Waals surface area contributed by atoms with Crippen LogP contribution in [0.25, 0.3) is 0 Å². The molecule has 2 aromatic rings. The highest BCUT2D eigenvalue weighted by atomic mass is 16.2. The van der Waals surface area contributed by atoms with Crippen molar-refractivity contribution in [2.45, 2.75) is 52.4 Å². The van der Waals surface area contributed by atoms with Crippen LogP contribution in [0, 0.1) is 0 Å². The van der Waals surface area contributed by atoms with Crippen LogP contribution in [0.1, 0.15) is 61.8 Å². The van der Waals surface area contributed by atoms with Crippen LogP contribution >= 0.6 is 0 Å². The van der Waals surface area contributed by atoms with Crippen molar-refractivity contribution < 1.29 is 9.59 Å². The smallest absolute Gasteiger partial charge is 0.240 e. The highest BCUT2D eigenvalue weighted by molar-refractivity contribution is 5.83. The van der Waals surface area contributed by atoms with Gasteiger partial charge in [0.15, 0.2) is 0 Å². The second kappa shape index (κ2) is 13.0. The van der Waals surface area contributed by atoms with Crippen LogP contribution < -0.4 is 10.9 Å². The molecule has 0 aliphatic carbocycles. The van der Waals surface area contributed by atoms with Gasteiger partial charge in [0.2, 0.25) is 11.8 Å². The zero-order valence-corrected chi connectivity index (χ0v) is 17.7. The molecule has 0 spiro atoms. The fraction of sp³-hybridized carbons (Fsp3) is 0.333. The van der Waals surface area contributed by atoms with Crippen molar-refractivity contribution in [2.24, 2.45) is 10.2 Å². The zero-order chi connectivity index (χ0) is 21.6. The number of nitrogens with one attached hydrogen (secondary N) is 2. The lowest BCUT2D eigenvalue weighted by Gasteiger charge is -2.01. The SMILES string of the molecule is CCc1ccc(/C=N/NC(=O)CCCCC(=O)N/N=C/c2ccc(CC)cc2)cc1. The number of benzene rings is 2. The highest BCUT2D eigenvalue weighted by Gasteiger charge is 2.03. The first-order valence-electron chi connectivity index (χ1n) is 10.4. The summed E-state index contributed by atoms with van der Waals surface area (Å²) in [5.74, 6) is -0.323. The second-order valence-electron chi connectivity index (χ2n) is 6.98. The molecule has 30 heavy (non-hydrogen) atoms. The standard InChI is InChI=1S/C24H30N4O2/c1-3-19-9-13-21(14-10-19)17-25-27-23(29)7-5-6-8-24(30)28-26-18-22-15-11-20(4-2)12-16-22/h9-18H,3-8H2,1-2H3,(H,27,29)(H,28,30)/b25-17+,26-18+. The molecule has 158 valence electrons. The Morgan fingerprint density at radius 3 is 1.40 bits per heavy atom. The summed E-state index contributed by atoms with van der Waals surface area (Å²) in [5, 5.41) is 7.94. The van der Waals surface area contributed by atoms with Crippen LogP contribution in [0.3, 0.4) is 0 Å². The van der Waals surface area contributed by atoms with Gasteiger partial charge in [-0.05, 0) is 47.9 Å². The highest BCUT2D eigenvalue weighted by Crippen LogP contribution is 2.04. The Bertz CT molecular complexity index is 782. The number of rotatable bonds is 11. The maximum Gasteiger partial charge on any atom is 0.240 e. The molecular weight excluding hydrogens is 376 g/mol. The topological polar surface area (TPSA) is 82.9 Å². The van der Waals surface area contributed by atoms with Gasteiger partial charge in [0.05, 0.1) is 12.4 Å². The lowest BCUT2D eigenvalue weighted by molar-refractivity contribution is -0.123. The van der Waals surface area contributed by atoms with Gasteiger partial charge in [0.25, 0.3) is 0 Å². The maximum atomic E-state index is 11.8. The average molecular weight is 407 g/mol. The third-order valence-corrected chi connectivity index (χ3v) is 4.64. The fourth-order valence-electron chi connectivity index (χ4n) is 2.72. The molecule has 2 aromatic carbocycles. The molecule has 6 heteroatoms. The molecule has 0 saturated carbocycles. The van der Waals surface area contributed by atoms with Gasteiger partial charge in [-0.2, -0.15) is 10.2 Å². The molecule has 6 nitrogen and oxygen atoms in total. The number of carbonyl (C=O) groups excluding carboxylic acids is 2. The number of hydrogen-bond acceptors (Lipinski definition) is 4. The van der Waals surface area contributed by atoms with Gasteiger partial charge in [0, 0.05) is 12.8 Å². The van der Waals surface area contributed by atoms with E-state index in [1.807, 2.05) is 48.5 Å². The Morgan fingerprint density at radius 1 is 0.700 bits per heavy atom. The average Bonchev–Trinajstić information content (AvgIpc) is 2.77. The van der Waals surface area contributed by atoms with Crippen LogP contribution in [-0.2, 0) is 22.4 Å². The molecule has 0 atom stereocenters. The van der Waals surface area contributed by atoms with E-state index in [9.17, 15) is 9.59 Å². The summed E-state index contributed by atoms with van der Waals surface area (Å²) >= 11 is 0. The number of hydrogen-bond donors (Lipinski definition) is 2. The van der Waals surface area contributed by atoms with Crippen molar-refractivity contribution in [3.8, 4) is 0 Å². The summed E-state index contributed by atoms with van der Waals surface area (Å²) in [6, 6.07) is 16.0. The second-order valence-corrected chi connectivity index (χ2v) is 6.98. The van der Waals surface area contributed by atoms with Crippen molar-refractivity contribution in [2.75, 3.05) is 0 Å². The minimum Gasteiger partial charge on any atom is -0.273 e. The molecule has 0 aliphatic heterocycles. The van der Waals surface area contributed by atoms with Gasteiger partial charge in [-0.25, -0.2) is 10.9 Å². The quantitative estimate of drug-likeness (QED) is 0.336. The number of carbonyl (C=O) groups is 2. The van der Waals surface area contributed by atoms with Crippen molar-refractivity contribution >= 4 is 24.2 Å². The molecule has 0 saturated heterocycles. The molecule has 0 aliphatic rings. The molecule has 0 unspecified atom stereocenters. The first-order valence-corrected chi connectivity index (χ1v) is 10.4. The molecular formula is C24H30N4O2. The number of unbranched alkanes of at least 4 members (excludes halogenated alkanes) is 1. The summed E-state index contributed by atoms with van der Waals surface area (Å²) < 4.78 is 0. The van der Waals surface area contributed by atoms with E-state index < -0.39 is 0 Å². The molecule has 0 bridgehead atoms. The summed E-state index contributed by atoms with van der Waals surface area (Å²) in [6.45, 7) is 4.21. The summed E-state index contributed by atoms with van der Waals surface area (Å²) in [6.07, 6.45) is 7.11. The Hall–Kier alpha value is -3.28.